The van der Waals surface area contributed by atoms with Crippen LogP contribution in [-0.2, 0) is 6.54 Å². The predicted octanol–water partition coefficient (Wildman–Crippen LogP) is 1.44. The van der Waals surface area contributed by atoms with Crippen LogP contribution in [0.1, 0.15) is 13.3 Å². The highest BCUT2D eigenvalue weighted by Crippen LogP contribution is 1.91. The van der Waals surface area contributed by atoms with Crippen molar-refractivity contribution >= 4 is 0 Å². The third kappa shape index (κ3) is 4.48. The van der Waals surface area contributed by atoms with E-state index in [1.54, 1.807) is 6.20 Å². The number of hydrogen-bond donors (Lipinski definition) is 1. The van der Waals surface area contributed by atoms with E-state index in [-0.39, 0.29) is 0 Å². The van der Waals surface area contributed by atoms with E-state index < -0.39 is 0 Å². The van der Waals surface area contributed by atoms with Crippen LogP contribution in [0.25, 0.3) is 0 Å². The minimum Gasteiger partial charge on any atom is -0.336 e. The highest BCUT2D eigenvalue weighted by Gasteiger charge is 1.90. The molecule has 1 rings (SSSR count). The molecule has 0 aromatic carbocycles. The molecule has 3 heteroatoms. The molecular formula is C10H17N3. The zero-order chi connectivity index (χ0) is 9.52. The Hall–Kier alpha value is -1.09. The molecule has 1 aromatic heterocycles. The van der Waals surface area contributed by atoms with Gasteiger partial charge in [0.05, 0.1) is 6.33 Å². The summed E-state index contributed by atoms with van der Waals surface area (Å²) in [5.74, 6) is 0. The van der Waals surface area contributed by atoms with E-state index in [9.17, 15) is 0 Å². The van der Waals surface area contributed by atoms with Crippen LogP contribution in [0.4, 0.5) is 0 Å². The molecule has 0 saturated carbocycles. The van der Waals surface area contributed by atoms with Gasteiger partial charge >= 0.3 is 0 Å². The predicted molar refractivity (Wildman–Crippen MR) is 54.5 cm³/mol. The van der Waals surface area contributed by atoms with E-state index in [4.69, 9.17) is 0 Å². The maximum Gasteiger partial charge on any atom is 0.0946 e. The average molecular weight is 179 g/mol. The van der Waals surface area contributed by atoms with E-state index in [2.05, 4.69) is 28.4 Å². The fourth-order valence-electron chi connectivity index (χ4n) is 1.05. The molecule has 1 aromatic rings. The molecule has 0 saturated heterocycles. The minimum atomic E-state index is 0.982. The standard InChI is InChI=1S/C10H17N3/c1-10(2)3-4-11-5-7-13-8-6-12-9-13/h6,8-9,11H,1,3-5,7H2,2H3. The minimum absolute atomic E-state index is 0.982. The smallest absolute Gasteiger partial charge is 0.0946 e. The summed E-state index contributed by atoms with van der Waals surface area (Å²) >= 11 is 0. The summed E-state index contributed by atoms with van der Waals surface area (Å²) in [6, 6.07) is 0. The fraction of sp³-hybridized carbons (Fsp3) is 0.500. The van der Waals surface area contributed by atoms with Crippen molar-refractivity contribution < 1.29 is 0 Å². The molecule has 0 radical (unpaired) electrons. The molecule has 0 unspecified atom stereocenters. The van der Waals surface area contributed by atoms with Gasteiger partial charge in [-0.2, -0.15) is 0 Å². The Morgan fingerprint density at radius 2 is 2.38 bits per heavy atom. The van der Waals surface area contributed by atoms with Crippen LogP contribution in [0.2, 0.25) is 0 Å². The van der Waals surface area contributed by atoms with Gasteiger partial charge < -0.3 is 9.88 Å². The quantitative estimate of drug-likeness (QED) is 0.529. The van der Waals surface area contributed by atoms with Crippen LogP contribution in [0.15, 0.2) is 30.9 Å². The molecular weight excluding hydrogens is 162 g/mol. The molecule has 3 nitrogen and oxygen atoms in total. The molecule has 0 amide bonds. The SMILES string of the molecule is C=C(C)CCNCCn1ccnc1. The first-order valence-electron chi connectivity index (χ1n) is 4.60. The number of nitrogens with zero attached hydrogens (tertiary/aromatic N) is 2. The normalized spacial score (nSPS) is 10.2. The maximum atomic E-state index is 3.97. The average Bonchev–Trinajstić information content (AvgIpc) is 2.55. The Morgan fingerprint density at radius 1 is 1.54 bits per heavy atom. The number of imidazole rings is 1. The van der Waals surface area contributed by atoms with Crippen molar-refractivity contribution in [2.75, 3.05) is 13.1 Å². The third-order valence-corrected chi connectivity index (χ3v) is 1.83. The van der Waals surface area contributed by atoms with Crippen LogP contribution in [-0.4, -0.2) is 22.6 Å². The van der Waals surface area contributed by atoms with E-state index in [1.807, 2.05) is 12.5 Å². The van der Waals surface area contributed by atoms with Crippen molar-refractivity contribution in [1.82, 2.24) is 14.9 Å². The Kier molecular flexibility index (Phi) is 4.26. The van der Waals surface area contributed by atoms with Crippen molar-refractivity contribution in [3.8, 4) is 0 Å². The first-order valence-corrected chi connectivity index (χ1v) is 4.60. The Labute approximate surface area is 79.5 Å². The van der Waals surface area contributed by atoms with E-state index in [1.165, 1.54) is 5.57 Å². The summed E-state index contributed by atoms with van der Waals surface area (Å²) in [5, 5.41) is 3.35. The van der Waals surface area contributed by atoms with Crippen LogP contribution < -0.4 is 5.32 Å². The molecule has 0 atom stereocenters. The van der Waals surface area contributed by atoms with Crippen molar-refractivity contribution in [3.63, 3.8) is 0 Å². The van der Waals surface area contributed by atoms with Gasteiger partial charge in [0.2, 0.25) is 0 Å². The fourth-order valence-corrected chi connectivity index (χ4v) is 1.05. The van der Waals surface area contributed by atoms with E-state index in [0.717, 1.165) is 26.1 Å². The molecule has 0 aliphatic heterocycles. The van der Waals surface area contributed by atoms with Crippen LogP contribution in [0.3, 0.4) is 0 Å². The second-order valence-electron chi connectivity index (χ2n) is 3.26. The molecule has 1 heterocycles. The van der Waals surface area contributed by atoms with Gasteiger partial charge in [-0.1, -0.05) is 5.57 Å². The summed E-state index contributed by atoms with van der Waals surface area (Å²) in [6.45, 7) is 8.89. The van der Waals surface area contributed by atoms with Gasteiger partial charge in [0, 0.05) is 25.5 Å². The van der Waals surface area contributed by atoms with E-state index in [0.29, 0.717) is 0 Å². The molecule has 0 aliphatic carbocycles. The summed E-state index contributed by atoms with van der Waals surface area (Å²) in [5.41, 5.74) is 1.23. The molecule has 13 heavy (non-hydrogen) atoms. The van der Waals surface area contributed by atoms with Crippen molar-refractivity contribution in [2.24, 2.45) is 0 Å². The van der Waals surface area contributed by atoms with Crippen molar-refractivity contribution in [1.29, 1.82) is 0 Å². The van der Waals surface area contributed by atoms with Gasteiger partial charge in [0.1, 0.15) is 0 Å². The second-order valence-corrected chi connectivity index (χ2v) is 3.26. The third-order valence-electron chi connectivity index (χ3n) is 1.83. The summed E-state index contributed by atoms with van der Waals surface area (Å²) in [4.78, 5) is 3.97. The van der Waals surface area contributed by atoms with Gasteiger partial charge in [0.15, 0.2) is 0 Å². The van der Waals surface area contributed by atoms with Crippen LogP contribution in [0.5, 0.6) is 0 Å². The molecule has 72 valence electrons. The first-order chi connectivity index (χ1) is 6.29. The lowest BCUT2D eigenvalue weighted by Crippen LogP contribution is -2.20. The monoisotopic (exact) mass is 179 g/mol. The Morgan fingerprint density at radius 3 is 3.00 bits per heavy atom. The van der Waals surface area contributed by atoms with Gasteiger partial charge in [-0.3, -0.25) is 0 Å². The Balaban J connectivity index is 1.99. The summed E-state index contributed by atoms with van der Waals surface area (Å²) in [7, 11) is 0. The molecule has 0 fully saturated rings. The highest BCUT2D eigenvalue weighted by atomic mass is 15.0. The summed E-state index contributed by atoms with van der Waals surface area (Å²) in [6.07, 6.45) is 6.67. The van der Waals surface area contributed by atoms with Crippen molar-refractivity contribution in [2.45, 2.75) is 19.9 Å². The van der Waals surface area contributed by atoms with Gasteiger partial charge in [-0.15, -0.1) is 6.58 Å². The zero-order valence-corrected chi connectivity index (χ0v) is 8.16. The van der Waals surface area contributed by atoms with Crippen LogP contribution in [0, 0.1) is 0 Å². The van der Waals surface area contributed by atoms with Gasteiger partial charge in [0.25, 0.3) is 0 Å². The molecule has 0 aliphatic rings. The lowest BCUT2D eigenvalue weighted by Gasteiger charge is -2.04. The zero-order valence-electron chi connectivity index (χ0n) is 8.16. The first kappa shape index (κ1) is 9.99. The molecule has 1 N–H and O–H groups in total. The molecule has 0 spiro atoms. The maximum absolute atomic E-state index is 3.97. The van der Waals surface area contributed by atoms with Crippen molar-refractivity contribution in [3.05, 3.63) is 30.9 Å². The number of nitrogens with one attached hydrogen (secondary N) is 1. The van der Waals surface area contributed by atoms with Crippen LogP contribution >= 0.6 is 0 Å². The second kappa shape index (κ2) is 5.54. The number of rotatable bonds is 6. The lowest BCUT2D eigenvalue weighted by molar-refractivity contribution is 0.597. The van der Waals surface area contributed by atoms with Gasteiger partial charge in [-0.05, 0) is 19.9 Å². The number of hydrogen-bond acceptors (Lipinski definition) is 2. The molecule has 0 bridgehead atoms. The highest BCUT2D eigenvalue weighted by molar-refractivity contribution is 4.88. The topological polar surface area (TPSA) is 29.9 Å². The van der Waals surface area contributed by atoms with E-state index >= 15 is 0 Å². The largest absolute Gasteiger partial charge is 0.336 e. The van der Waals surface area contributed by atoms with Gasteiger partial charge in [-0.25, -0.2) is 4.98 Å². The lowest BCUT2D eigenvalue weighted by atomic mass is 10.2. The number of aromatic nitrogens is 2. The Bertz CT molecular complexity index is 239. The summed E-state index contributed by atoms with van der Waals surface area (Å²) < 4.78 is 2.06.